The predicted molar refractivity (Wildman–Crippen MR) is 138 cm³/mol. The van der Waals surface area contributed by atoms with Crippen molar-refractivity contribution >= 4 is 40.3 Å². The number of amides is 2. The van der Waals surface area contributed by atoms with Gasteiger partial charge in [-0.3, -0.25) is 19.3 Å². The molecule has 0 saturated heterocycles. The number of aryl methyl sites for hydroxylation is 1. The monoisotopic (exact) mass is 505 g/mol. The third-order valence-corrected chi connectivity index (χ3v) is 7.31. The summed E-state index contributed by atoms with van der Waals surface area (Å²) in [5.74, 6) is 0.351. The number of ketones is 1. The maximum Gasteiger partial charge on any atom is 0.268 e. The first kappa shape index (κ1) is 24.0. The van der Waals surface area contributed by atoms with Crippen LogP contribution in [0.2, 0.25) is 0 Å². The number of aromatic nitrogens is 1. The summed E-state index contributed by atoms with van der Waals surface area (Å²) >= 11 is 1.61. The first-order chi connectivity index (χ1) is 17.3. The summed E-state index contributed by atoms with van der Waals surface area (Å²) in [4.78, 5) is 46.5. The number of benzene rings is 2. The van der Waals surface area contributed by atoms with Gasteiger partial charge in [-0.1, -0.05) is 6.92 Å². The first-order valence-electron chi connectivity index (χ1n) is 11.9. The summed E-state index contributed by atoms with van der Waals surface area (Å²) in [5.41, 5.74) is 3.15. The molecule has 0 saturated carbocycles. The van der Waals surface area contributed by atoms with E-state index in [1.807, 2.05) is 23.6 Å². The highest BCUT2D eigenvalue weighted by molar-refractivity contribution is 7.09. The number of rotatable bonds is 6. The molecule has 2 aliphatic rings. The highest BCUT2D eigenvalue weighted by atomic mass is 32.1. The van der Waals surface area contributed by atoms with Gasteiger partial charge in [-0.2, -0.15) is 0 Å². The minimum Gasteiger partial charge on any atom is -0.479 e. The summed E-state index contributed by atoms with van der Waals surface area (Å²) in [6, 6.07) is 10.6. The van der Waals surface area contributed by atoms with Gasteiger partial charge in [0.15, 0.2) is 18.0 Å². The Morgan fingerprint density at radius 3 is 2.44 bits per heavy atom. The Kier molecular flexibility index (Phi) is 6.26. The molecule has 3 heterocycles. The van der Waals surface area contributed by atoms with Crippen LogP contribution in [0, 0.1) is 0 Å². The molecule has 5 rings (SSSR count). The number of anilines is 2. The van der Waals surface area contributed by atoms with Gasteiger partial charge in [0.05, 0.1) is 28.6 Å². The molecule has 3 aromatic rings. The molecule has 0 fully saturated rings. The van der Waals surface area contributed by atoms with Gasteiger partial charge in [-0.05, 0) is 63.1 Å². The third kappa shape index (κ3) is 4.24. The SMILES string of the molecule is CCCc1nc(-c2ccc3c(c2)N(CC(=O)c2ccc4c(c2)N(C)C(=O)C(C)O4)C(=O)C(C)O3)cs1. The van der Waals surface area contributed by atoms with Gasteiger partial charge in [0.25, 0.3) is 11.8 Å². The number of nitrogens with zero attached hydrogens (tertiary/aromatic N) is 3. The Morgan fingerprint density at radius 2 is 1.69 bits per heavy atom. The van der Waals surface area contributed by atoms with Crippen molar-refractivity contribution < 1.29 is 23.9 Å². The number of ether oxygens (including phenoxy) is 2. The molecular formula is C27H27N3O5S. The van der Waals surface area contributed by atoms with Crippen LogP contribution >= 0.6 is 11.3 Å². The molecule has 0 aliphatic carbocycles. The van der Waals surface area contributed by atoms with E-state index in [9.17, 15) is 14.4 Å². The lowest BCUT2D eigenvalue weighted by atomic mass is 10.0. The Bertz CT molecular complexity index is 1370. The van der Waals surface area contributed by atoms with Crippen molar-refractivity contribution in [3.63, 3.8) is 0 Å². The molecule has 8 nitrogen and oxygen atoms in total. The highest BCUT2D eigenvalue weighted by Gasteiger charge is 2.34. The minimum absolute atomic E-state index is 0.158. The van der Waals surface area contributed by atoms with Gasteiger partial charge in [0.2, 0.25) is 0 Å². The van der Waals surface area contributed by atoms with E-state index in [0.717, 1.165) is 29.1 Å². The molecule has 0 bridgehead atoms. The van der Waals surface area contributed by atoms with Crippen molar-refractivity contribution in [2.45, 2.75) is 45.8 Å². The molecule has 2 atom stereocenters. The van der Waals surface area contributed by atoms with E-state index in [-0.39, 0.29) is 24.1 Å². The molecule has 1 aromatic heterocycles. The quantitative estimate of drug-likeness (QED) is 0.458. The van der Waals surface area contributed by atoms with Gasteiger partial charge in [0, 0.05) is 23.6 Å². The van der Waals surface area contributed by atoms with Crippen LogP contribution in [-0.2, 0) is 16.0 Å². The lowest BCUT2D eigenvalue weighted by Gasteiger charge is -2.33. The van der Waals surface area contributed by atoms with Crippen molar-refractivity contribution in [1.29, 1.82) is 0 Å². The molecule has 36 heavy (non-hydrogen) atoms. The Hall–Kier alpha value is -3.72. The van der Waals surface area contributed by atoms with Crippen molar-refractivity contribution in [1.82, 2.24) is 4.98 Å². The average Bonchev–Trinajstić information content (AvgIpc) is 3.34. The van der Waals surface area contributed by atoms with Crippen LogP contribution in [0.5, 0.6) is 11.5 Å². The zero-order valence-electron chi connectivity index (χ0n) is 20.6. The maximum absolute atomic E-state index is 13.4. The van der Waals surface area contributed by atoms with Gasteiger partial charge in [-0.25, -0.2) is 4.98 Å². The molecule has 2 amide bonds. The van der Waals surface area contributed by atoms with Crippen LogP contribution in [0.4, 0.5) is 11.4 Å². The van der Waals surface area contributed by atoms with E-state index in [0.29, 0.717) is 28.4 Å². The fourth-order valence-electron chi connectivity index (χ4n) is 4.42. The molecule has 2 aromatic carbocycles. The molecule has 2 unspecified atom stereocenters. The molecule has 0 radical (unpaired) electrons. The van der Waals surface area contributed by atoms with Crippen molar-refractivity contribution in [2.24, 2.45) is 0 Å². The summed E-state index contributed by atoms with van der Waals surface area (Å²) in [5, 5.41) is 3.07. The zero-order valence-corrected chi connectivity index (χ0v) is 21.4. The molecule has 186 valence electrons. The van der Waals surface area contributed by atoms with Gasteiger partial charge < -0.3 is 14.4 Å². The maximum atomic E-state index is 13.4. The van der Waals surface area contributed by atoms with Crippen LogP contribution in [0.1, 0.15) is 42.6 Å². The topological polar surface area (TPSA) is 89.0 Å². The number of thiazole rings is 1. The van der Waals surface area contributed by atoms with E-state index in [4.69, 9.17) is 14.5 Å². The second-order valence-corrected chi connectivity index (χ2v) is 9.95. The second kappa shape index (κ2) is 9.39. The fourth-order valence-corrected chi connectivity index (χ4v) is 5.33. The van der Waals surface area contributed by atoms with E-state index < -0.39 is 12.2 Å². The van der Waals surface area contributed by atoms with E-state index in [2.05, 4.69) is 6.92 Å². The number of Topliss-reactive ketones (excluding diaryl/α,β-unsaturated/α-hetero) is 1. The third-order valence-electron chi connectivity index (χ3n) is 6.40. The van der Waals surface area contributed by atoms with Crippen molar-refractivity contribution in [3.8, 4) is 22.8 Å². The molecule has 0 N–H and O–H groups in total. The van der Waals surface area contributed by atoms with Gasteiger partial charge >= 0.3 is 0 Å². The summed E-state index contributed by atoms with van der Waals surface area (Å²) in [6.07, 6.45) is 0.637. The Balaban J connectivity index is 1.45. The molecule has 2 aliphatic heterocycles. The number of hydrogen-bond acceptors (Lipinski definition) is 7. The zero-order chi connectivity index (χ0) is 25.6. The largest absolute Gasteiger partial charge is 0.479 e. The standard InChI is InChI=1S/C27H27N3O5S/c1-5-6-25-28-19(14-36-25)17-7-9-24-21(11-17)30(27(33)16(3)35-24)13-22(31)18-8-10-23-20(12-18)29(4)26(32)15(2)34-23/h7-12,14-16H,5-6,13H2,1-4H3. The summed E-state index contributed by atoms with van der Waals surface area (Å²) in [7, 11) is 1.66. The predicted octanol–water partition coefficient (Wildman–Crippen LogP) is 4.50. The van der Waals surface area contributed by atoms with E-state index >= 15 is 0 Å². The van der Waals surface area contributed by atoms with Crippen LogP contribution in [0.25, 0.3) is 11.3 Å². The highest BCUT2D eigenvalue weighted by Crippen LogP contribution is 2.39. The number of carbonyl (C=O) groups is 3. The fraction of sp³-hybridized carbons (Fsp3) is 0.333. The van der Waals surface area contributed by atoms with Crippen LogP contribution in [-0.4, -0.2) is 48.4 Å². The molecule has 9 heteroatoms. The van der Waals surface area contributed by atoms with Crippen molar-refractivity contribution in [3.05, 3.63) is 52.3 Å². The molecule has 0 spiro atoms. The smallest absolute Gasteiger partial charge is 0.268 e. The van der Waals surface area contributed by atoms with Crippen LogP contribution in [0.15, 0.2) is 41.8 Å². The van der Waals surface area contributed by atoms with Gasteiger partial charge in [0.1, 0.15) is 11.5 Å². The number of likely N-dealkylation sites (N-methyl/N-ethyl adjacent to an activating group) is 1. The van der Waals surface area contributed by atoms with E-state index in [1.54, 1.807) is 50.4 Å². The number of hydrogen-bond donors (Lipinski definition) is 0. The lowest BCUT2D eigenvalue weighted by Crippen LogP contribution is -2.46. The lowest BCUT2D eigenvalue weighted by molar-refractivity contribution is -0.125. The van der Waals surface area contributed by atoms with Crippen LogP contribution in [0.3, 0.4) is 0 Å². The Morgan fingerprint density at radius 1 is 1.00 bits per heavy atom. The summed E-state index contributed by atoms with van der Waals surface area (Å²) < 4.78 is 11.5. The van der Waals surface area contributed by atoms with Gasteiger partial charge in [-0.15, -0.1) is 11.3 Å². The van der Waals surface area contributed by atoms with Crippen molar-refractivity contribution in [2.75, 3.05) is 23.4 Å². The van der Waals surface area contributed by atoms with Crippen LogP contribution < -0.4 is 19.3 Å². The number of carbonyl (C=O) groups excluding carboxylic acids is 3. The second-order valence-electron chi connectivity index (χ2n) is 9.01. The minimum atomic E-state index is -0.714. The van der Waals surface area contributed by atoms with E-state index in [1.165, 1.54) is 9.80 Å². The Labute approximate surface area is 213 Å². The number of fused-ring (bicyclic) bond motifs is 2. The normalized spacial score (nSPS) is 18.9. The first-order valence-corrected chi connectivity index (χ1v) is 12.8. The summed E-state index contributed by atoms with van der Waals surface area (Å²) in [6.45, 7) is 5.32. The average molecular weight is 506 g/mol. The molecular weight excluding hydrogens is 478 g/mol.